The first-order valence-corrected chi connectivity index (χ1v) is 12.6. The topological polar surface area (TPSA) is 113 Å². The van der Waals surface area contributed by atoms with E-state index >= 15 is 0 Å². The molecule has 2 fully saturated rings. The van der Waals surface area contributed by atoms with E-state index in [0.29, 0.717) is 25.3 Å². The number of carbonyl (C=O) groups excluding carboxylic acids is 1. The maximum absolute atomic E-state index is 13.6. The molecule has 1 amide bonds. The number of rotatable bonds is 6. The van der Waals surface area contributed by atoms with Crippen LogP contribution in [-0.2, 0) is 10.2 Å². The van der Waals surface area contributed by atoms with Crippen LogP contribution in [0.4, 0.5) is 16.0 Å². The highest BCUT2D eigenvalue weighted by atomic mass is 19.1. The van der Waals surface area contributed by atoms with Crippen LogP contribution in [0, 0.1) is 28.1 Å². The lowest BCUT2D eigenvalue weighted by molar-refractivity contribution is -0.142. The van der Waals surface area contributed by atoms with E-state index in [1.54, 1.807) is 30.4 Å². The van der Waals surface area contributed by atoms with Gasteiger partial charge in [0.1, 0.15) is 36.4 Å². The van der Waals surface area contributed by atoms with Crippen molar-refractivity contribution in [3.8, 4) is 12.1 Å². The number of halogens is 1. The van der Waals surface area contributed by atoms with Crippen LogP contribution in [0.2, 0.25) is 0 Å². The zero-order chi connectivity index (χ0) is 27.0. The highest BCUT2D eigenvalue weighted by molar-refractivity contribution is 6.08. The van der Waals surface area contributed by atoms with Crippen molar-refractivity contribution in [3.05, 3.63) is 36.3 Å². The van der Waals surface area contributed by atoms with Crippen LogP contribution < -0.4 is 9.80 Å². The molecule has 0 bridgehead atoms. The lowest BCUT2D eigenvalue weighted by atomic mass is 9.66. The van der Waals surface area contributed by atoms with E-state index in [1.165, 1.54) is 6.92 Å². The second-order valence-electron chi connectivity index (χ2n) is 10.5. The Kier molecular flexibility index (Phi) is 7.05. The minimum absolute atomic E-state index is 0.0975. The predicted molar refractivity (Wildman–Crippen MR) is 140 cm³/mol. The Balaban J connectivity index is 1.72. The summed E-state index contributed by atoms with van der Waals surface area (Å²) in [5.41, 5.74) is 0.371. The van der Waals surface area contributed by atoms with E-state index < -0.39 is 18.0 Å². The molecule has 37 heavy (non-hydrogen) atoms. The summed E-state index contributed by atoms with van der Waals surface area (Å²) in [6, 6.07) is 3.63. The molecule has 3 atom stereocenters. The number of anilines is 2. The van der Waals surface area contributed by atoms with Gasteiger partial charge in [-0.15, -0.1) is 0 Å². The molecule has 2 aliphatic heterocycles. The predicted octanol–water partition coefficient (Wildman–Crippen LogP) is 3.31. The van der Waals surface area contributed by atoms with Gasteiger partial charge in [0.25, 0.3) is 0 Å². The number of aliphatic imine (C=N–C) groups is 1. The first-order chi connectivity index (χ1) is 17.7. The van der Waals surface area contributed by atoms with Crippen molar-refractivity contribution < 1.29 is 9.18 Å². The zero-order valence-electron chi connectivity index (χ0n) is 21.9. The number of carbonyl (C=O) groups is 1. The van der Waals surface area contributed by atoms with Crippen LogP contribution in [0.15, 0.2) is 35.7 Å². The van der Waals surface area contributed by atoms with Crippen LogP contribution >= 0.6 is 0 Å². The maximum Gasteiger partial charge on any atom is 0.245 e. The fraction of sp³-hybridized carbons (Fsp3) is 0.556. The Morgan fingerprint density at radius 1 is 1.30 bits per heavy atom. The molecule has 9 nitrogen and oxygen atoms in total. The molecular formula is C27H33FN8O. The van der Waals surface area contributed by atoms with Crippen molar-refractivity contribution in [2.24, 2.45) is 10.4 Å². The first kappa shape index (κ1) is 26.3. The molecule has 0 radical (unpaired) electrons. The van der Waals surface area contributed by atoms with Gasteiger partial charge in [-0.25, -0.2) is 14.4 Å². The number of amides is 1. The number of nitriles is 2. The molecule has 4 rings (SSSR count). The molecule has 10 heteroatoms. The van der Waals surface area contributed by atoms with Crippen LogP contribution in [0.3, 0.4) is 0 Å². The molecule has 1 unspecified atom stereocenters. The van der Waals surface area contributed by atoms with Crippen molar-refractivity contribution in [1.82, 2.24) is 14.9 Å². The van der Waals surface area contributed by atoms with Crippen LogP contribution in [0.25, 0.3) is 0 Å². The monoisotopic (exact) mass is 504 g/mol. The minimum Gasteiger partial charge on any atom is -0.350 e. The van der Waals surface area contributed by atoms with E-state index in [0.717, 1.165) is 42.2 Å². The molecule has 1 spiro atoms. The molecule has 3 aliphatic rings. The van der Waals surface area contributed by atoms with Gasteiger partial charge in [-0.3, -0.25) is 9.79 Å². The number of hydrogen-bond donors (Lipinski definition) is 0. The summed E-state index contributed by atoms with van der Waals surface area (Å²) in [7, 11) is 1.58. The van der Waals surface area contributed by atoms with Gasteiger partial charge in [0, 0.05) is 55.4 Å². The van der Waals surface area contributed by atoms with Crippen LogP contribution in [-0.4, -0.2) is 71.9 Å². The Hall–Kier alpha value is -3.79. The molecular weight excluding hydrogens is 471 g/mol. The number of nitrogens with zero attached hydrogens (tertiary/aromatic N) is 8. The average Bonchev–Trinajstić information content (AvgIpc) is 3.26. The van der Waals surface area contributed by atoms with Gasteiger partial charge in [0.05, 0.1) is 6.07 Å². The summed E-state index contributed by atoms with van der Waals surface area (Å²) in [6.45, 7) is 9.84. The highest BCUT2D eigenvalue weighted by Crippen LogP contribution is 2.55. The molecule has 1 saturated heterocycles. The Labute approximate surface area is 217 Å². The largest absolute Gasteiger partial charge is 0.350 e. The standard InChI is InChI=1S/C27H33FN8O/c1-6-21(10-20(11-29)31-5)36-16-27(8-7-9-27)22-23(32-17-33-24(22)36)34-12-19(3)35(13-18(34)2)25(37)26(4,14-28)15-30/h6,10,17-19H,1,7-9,12-14,16H2,2-5H3/b21-10+,31-20?/t18-,19+,26?/m0/s1. The number of allylic oxidation sites excluding steroid dienone is 2. The number of fused-ring (bicyclic) bond motifs is 2. The van der Waals surface area contributed by atoms with Crippen molar-refractivity contribution in [3.63, 3.8) is 0 Å². The number of hydrogen-bond acceptors (Lipinski definition) is 8. The van der Waals surface area contributed by atoms with E-state index in [4.69, 9.17) is 4.98 Å². The summed E-state index contributed by atoms with van der Waals surface area (Å²) in [5, 5.41) is 18.8. The third-order valence-corrected chi connectivity index (χ3v) is 8.03. The van der Waals surface area contributed by atoms with Crippen molar-refractivity contribution in [2.45, 2.75) is 57.5 Å². The van der Waals surface area contributed by atoms with Gasteiger partial charge >= 0.3 is 0 Å². The Bertz CT molecular complexity index is 1240. The molecule has 194 valence electrons. The quantitative estimate of drug-likeness (QED) is 0.431. The van der Waals surface area contributed by atoms with E-state index in [-0.39, 0.29) is 17.5 Å². The van der Waals surface area contributed by atoms with Crippen molar-refractivity contribution in [1.29, 1.82) is 10.5 Å². The summed E-state index contributed by atoms with van der Waals surface area (Å²) >= 11 is 0. The third-order valence-electron chi connectivity index (χ3n) is 8.03. The van der Waals surface area contributed by atoms with Gasteiger partial charge < -0.3 is 14.7 Å². The number of aromatic nitrogens is 2. The number of piperazine rings is 1. The summed E-state index contributed by atoms with van der Waals surface area (Å²) in [6.07, 6.45) is 8.13. The van der Waals surface area contributed by atoms with Crippen LogP contribution in [0.5, 0.6) is 0 Å². The smallest absolute Gasteiger partial charge is 0.245 e. The zero-order valence-corrected chi connectivity index (χ0v) is 21.9. The molecule has 1 aromatic heterocycles. The van der Waals surface area contributed by atoms with Gasteiger partial charge in [-0.1, -0.05) is 13.0 Å². The Morgan fingerprint density at radius 2 is 2.00 bits per heavy atom. The second kappa shape index (κ2) is 9.93. The van der Waals surface area contributed by atoms with Crippen molar-refractivity contribution >= 4 is 23.3 Å². The highest BCUT2D eigenvalue weighted by Gasteiger charge is 2.52. The summed E-state index contributed by atoms with van der Waals surface area (Å²) in [4.78, 5) is 32.5. The SMILES string of the molecule is C=C/C(=C\C(C#N)=NC)N1CC2(CCC2)c2c1ncnc2N1C[C@@H](C)N(C(=O)C(C)(C#N)CF)C[C@@H]1C. The van der Waals surface area contributed by atoms with Gasteiger partial charge in [-0.05, 0) is 45.8 Å². The fourth-order valence-electron chi connectivity index (χ4n) is 5.64. The molecule has 1 saturated carbocycles. The lowest BCUT2D eigenvalue weighted by Crippen LogP contribution is -2.61. The molecule has 1 aliphatic carbocycles. The molecule has 0 aromatic carbocycles. The van der Waals surface area contributed by atoms with E-state index in [1.807, 2.05) is 19.9 Å². The molecule has 1 aromatic rings. The second-order valence-corrected chi connectivity index (χ2v) is 10.5. The van der Waals surface area contributed by atoms with Gasteiger partial charge in [0.15, 0.2) is 5.41 Å². The maximum atomic E-state index is 13.6. The number of alkyl halides is 1. The average molecular weight is 505 g/mol. The van der Waals surface area contributed by atoms with E-state index in [9.17, 15) is 19.7 Å². The molecule has 0 N–H and O–H groups in total. The third kappa shape index (κ3) is 4.25. The summed E-state index contributed by atoms with van der Waals surface area (Å²) in [5.74, 6) is 1.18. The van der Waals surface area contributed by atoms with Crippen LogP contribution in [0.1, 0.15) is 45.6 Å². The molecule has 3 heterocycles. The van der Waals surface area contributed by atoms with Crippen molar-refractivity contribution in [2.75, 3.05) is 43.2 Å². The van der Waals surface area contributed by atoms with Gasteiger partial charge in [-0.2, -0.15) is 10.5 Å². The fourth-order valence-corrected chi connectivity index (χ4v) is 5.64. The first-order valence-electron chi connectivity index (χ1n) is 12.6. The van der Waals surface area contributed by atoms with Gasteiger partial charge in [0.2, 0.25) is 5.91 Å². The normalized spacial score (nSPS) is 24.6. The lowest BCUT2D eigenvalue weighted by Gasteiger charge is -2.47. The van der Waals surface area contributed by atoms with E-state index in [2.05, 4.69) is 32.4 Å². The minimum atomic E-state index is -1.68. The Morgan fingerprint density at radius 3 is 2.54 bits per heavy atom. The summed E-state index contributed by atoms with van der Waals surface area (Å²) < 4.78 is 13.6.